The largest absolute Gasteiger partial charge is 0.302 e. The van der Waals surface area contributed by atoms with Gasteiger partial charge in [-0.3, -0.25) is 19.8 Å². The molecule has 1 amide bonds. The normalized spacial score (nSPS) is 11.5. The molecule has 0 fully saturated rings. The summed E-state index contributed by atoms with van der Waals surface area (Å²) in [6.07, 6.45) is 3.08. The summed E-state index contributed by atoms with van der Waals surface area (Å²) >= 11 is 1.52. The molecule has 7 nitrogen and oxygen atoms in total. The van der Waals surface area contributed by atoms with Crippen LogP contribution >= 0.6 is 11.3 Å². The smallest absolute Gasteiger partial charge is 0.270 e. The number of thiazole rings is 1. The van der Waals surface area contributed by atoms with E-state index >= 15 is 0 Å². The van der Waals surface area contributed by atoms with E-state index in [-0.39, 0.29) is 11.6 Å². The lowest BCUT2D eigenvalue weighted by Crippen LogP contribution is -2.38. The van der Waals surface area contributed by atoms with Gasteiger partial charge in [0, 0.05) is 31.3 Å². The summed E-state index contributed by atoms with van der Waals surface area (Å²) in [5.74, 6) is -0.197. The first-order valence-electron chi connectivity index (χ1n) is 10.7. The minimum absolute atomic E-state index is 0.00462. The van der Waals surface area contributed by atoms with Gasteiger partial charge in [-0.1, -0.05) is 43.4 Å². The second-order valence-electron chi connectivity index (χ2n) is 7.63. The summed E-state index contributed by atoms with van der Waals surface area (Å²) in [6, 6.07) is 10.4. The van der Waals surface area contributed by atoms with Gasteiger partial charge in [-0.2, -0.15) is 0 Å². The van der Waals surface area contributed by atoms with Gasteiger partial charge in [-0.25, -0.2) is 4.98 Å². The number of fused-ring (bicyclic) bond motifs is 1. The summed E-state index contributed by atoms with van der Waals surface area (Å²) in [6.45, 7) is 11.3. The molecule has 168 valence electrons. The van der Waals surface area contributed by atoms with E-state index in [1.165, 1.54) is 29.5 Å². The monoisotopic (exact) mass is 452 g/mol. The Morgan fingerprint density at radius 2 is 1.91 bits per heavy atom. The molecule has 0 radical (unpaired) electrons. The Kier molecular flexibility index (Phi) is 7.71. The summed E-state index contributed by atoms with van der Waals surface area (Å²) in [5.41, 5.74) is 3.78. The summed E-state index contributed by atoms with van der Waals surface area (Å²) < 4.78 is 1.08. The SMILES string of the molecule is CCN(CC)CCN(C(=O)/C=C/c1cccc([N+](=O)[O-])c1)c1nc2cc(C)cc(C)c2s1. The van der Waals surface area contributed by atoms with Crippen molar-refractivity contribution in [3.63, 3.8) is 0 Å². The second kappa shape index (κ2) is 10.5. The highest BCUT2D eigenvalue weighted by Gasteiger charge is 2.19. The quantitative estimate of drug-likeness (QED) is 0.253. The van der Waals surface area contributed by atoms with Gasteiger partial charge in [0.05, 0.1) is 15.1 Å². The predicted octanol–water partition coefficient (Wildman–Crippen LogP) is 5.21. The highest BCUT2D eigenvalue weighted by atomic mass is 32.1. The zero-order valence-electron chi connectivity index (χ0n) is 18.9. The van der Waals surface area contributed by atoms with Crippen LogP contribution in [0.5, 0.6) is 0 Å². The van der Waals surface area contributed by atoms with E-state index in [0.29, 0.717) is 17.2 Å². The first kappa shape index (κ1) is 23.6. The molecule has 8 heteroatoms. The third-order valence-corrected chi connectivity index (χ3v) is 6.57. The fraction of sp³-hybridized carbons (Fsp3) is 0.333. The highest BCUT2D eigenvalue weighted by Crippen LogP contribution is 2.32. The fourth-order valence-electron chi connectivity index (χ4n) is 3.56. The molecular formula is C24H28N4O3S. The Bertz CT molecular complexity index is 1150. The molecule has 0 unspecified atom stereocenters. The minimum atomic E-state index is -0.443. The van der Waals surface area contributed by atoms with Gasteiger partial charge in [-0.05, 0) is 55.8 Å². The number of nitrogens with zero attached hydrogens (tertiary/aromatic N) is 4. The molecule has 1 heterocycles. The van der Waals surface area contributed by atoms with Crippen LogP contribution in [0.3, 0.4) is 0 Å². The number of nitro benzene ring substituents is 1. The molecule has 3 rings (SSSR count). The van der Waals surface area contributed by atoms with Crippen molar-refractivity contribution in [3.05, 3.63) is 69.3 Å². The van der Waals surface area contributed by atoms with Crippen molar-refractivity contribution in [3.8, 4) is 0 Å². The number of carbonyl (C=O) groups excluding carboxylic acids is 1. The van der Waals surface area contributed by atoms with E-state index in [1.807, 2.05) is 13.0 Å². The number of hydrogen-bond acceptors (Lipinski definition) is 6. The van der Waals surface area contributed by atoms with Gasteiger partial charge < -0.3 is 4.90 Å². The number of hydrogen-bond donors (Lipinski definition) is 0. The maximum Gasteiger partial charge on any atom is 0.270 e. The molecule has 0 aliphatic rings. The van der Waals surface area contributed by atoms with Crippen LogP contribution in [0, 0.1) is 24.0 Å². The van der Waals surface area contributed by atoms with E-state index in [2.05, 4.69) is 31.7 Å². The molecule has 2 aromatic carbocycles. The van der Waals surface area contributed by atoms with Gasteiger partial charge in [0.15, 0.2) is 5.13 Å². The van der Waals surface area contributed by atoms with E-state index in [9.17, 15) is 14.9 Å². The Hall–Kier alpha value is -3.10. The molecular weight excluding hydrogens is 424 g/mol. The van der Waals surface area contributed by atoms with E-state index in [1.54, 1.807) is 23.1 Å². The summed E-state index contributed by atoms with van der Waals surface area (Å²) in [5, 5.41) is 11.7. The number of aromatic nitrogens is 1. The molecule has 3 aromatic rings. The van der Waals surface area contributed by atoms with Crippen molar-refractivity contribution in [2.75, 3.05) is 31.1 Å². The van der Waals surface area contributed by atoms with E-state index < -0.39 is 4.92 Å². The number of amides is 1. The first-order chi connectivity index (χ1) is 15.3. The Morgan fingerprint density at radius 1 is 1.16 bits per heavy atom. The van der Waals surface area contributed by atoms with Crippen molar-refractivity contribution >= 4 is 44.4 Å². The molecule has 32 heavy (non-hydrogen) atoms. The zero-order chi connectivity index (χ0) is 23.3. The van der Waals surface area contributed by atoms with Gasteiger partial charge in [-0.15, -0.1) is 0 Å². The molecule has 0 atom stereocenters. The molecule has 0 bridgehead atoms. The maximum absolute atomic E-state index is 13.2. The standard InChI is InChI=1S/C24H28N4O3S/c1-5-26(6-2)12-13-27(24-25-21-15-17(3)14-18(4)23(21)32-24)22(29)11-10-19-8-7-9-20(16-19)28(30)31/h7-11,14-16H,5-6,12-13H2,1-4H3/b11-10+. The van der Waals surface area contributed by atoms with Crippen LogP contribution in [0.15, 0.2) is 42.5 Å². The van der Waals surface area contributed by atoms with Crippen LogP contribution in [0.2, 0.25) is 0 Å². The minimum Gasteiger partial charge on any atom is -0.302 e. The molecule has 0 aliphatic carbocycles. The molecule has 0 aliphatic heterocycles. The molecule has 1 aromatic heterocycles. The van der Waals surface area contributed by atoms with Crippen molar-refractivity contribution < 1.29 is 9.72 Å². The highest BCUT2D eigenvalue weighted by molar-refractivity contribution is 7.22. The van der Waals surface area contributed by atoms with Crippen LogP contribution in [0.4, 0.5) is 10.8 Å². The van der Waals surface area contributed by atoms with Gasteiger partial charge in [0.2, 0.25) is 0 Å². The number of benzene rings is 2. The van der Waals surface area contributed by atoms with Crippen molar-refractivity contribution in [2.45, 2.75) is 27.7 Å². The molecule has 0 spiro atoms. The zero-order valence-corrected chi connectivity index (χ0v) is 19.7. The van der Waals surface area contributed by atoms with Gasteiger partial charge in [0.25, 0.3) is 11.6 Å². The summed E-state index contributed by atoms with van der Waals surface area (Å²) in [4.78, 5) is 32.5. The van der Waals surface area contributed by atoms with E-state index in [0.717, 1.165) is 41.0 Å². The van der Waals surface area contributed by atoms with Crippen LogP contribution in [-0.4, -0.2) is 46.9 Å². The van der Waals surface area contributed by atoms with Crippen LogP contribution in [0.25, 0.3) is 16.3 Å². The third kappa shape index (κ3) is 5.57. The lowest BCUT2D eigenvalue weighted by molar-refractivity contribution is -0.384. The number of aryl methyl sites for hydroxylation is 2. The van der Waals surface area contributed by atoms with E-state index in [4.69, 9.17) is 4.98 Å². The number of carbonyl (C=O) groups is 1. The molecule has 0 saturated heterocycles. The van der Waals surface area contributed by atoms with Crippen molar-refractivity contribution in [2.24, 2.45) is 0 Å². The second-order valence-corrected chi connectivity index (χ2v) is 8.61. The Morgan fingerprint density at radius 3 is 2.59 bits per heavy atom. The van der Waals surface area contributed by atoms with Crippen LogP contribution in [-0.2, 0) is 4.79 Å². The number of likely N-dealkylation sites (N-methyl/N-ethyl adjacent to an activating group) is 1. The number of non-ortho nitro benzene ring substituents is 1. The summed E-state index contributed by atoms with van der Waals surface area (Å²) in [7, 11) is 0. The average molecular weight is 453 g/mol. The van der Waals surface area contributed by atoms with Gasteiger partial charge in [0.1, 0.15) is 0 Å². The lowest BCUT2D eigenvalue weighted by Gasteiger charge is -2.23. The lowest BCUT2D eigenvalue weighted by atomic mass is 10.1. The Balaban J connectivity index is 1.91. The van der Waals surface area contributed by atoms with Gasteiger partial charge >= 0.3 is 0 Å². The topological polar surface area (TPSA) is 79.6 Å². The fourth-order valence-corrected chi connectivity index (χ4v) is 4.61. The number of anilines is 1. The number of nitro groups is 1. The average Bonchev–Trinajstić information content (AvgIpc) is 3.19. The predicted molar refractivity (Wildman–Crippen MR) is 131 cm³/mol. The molecule has 0 saturated carbocycles. The van der Waals surface area contributed by atoms with Crippen LogP contribution < -0.4 is 4.90 Å². The Labute approximate surface area is 192 Å². The molecule has 0 N–H and O–H groups in total. The first-order valence-corrected chi connectivity index (χ1v) is 11.5. The van der Waals surface area contributed by atoms with Crippen molar-refractivity contribution in [1.82, 2.24) is 9.88 Å². The maximum atomic E-state index is 13.2. The van der Waals surface area contributed by atoms with Crippen molar-refractivity contribution in [1.29, 1.82) is 0 Å². The number of rotatable bonds is 9. The van der Waals surface area contributed by atoms with Crippen LogP contribution in [0.1, 0.15) is 30.5 Å². The third-order valence-electron chi connectivity index (χ3n) is 5.34.